The van der Waals surface area contributed by atoms with Gasteiger partial charge < -0.3 is 50.0 Å². The van der Waals surface area contributed by atoms with E-state index in [1.807, 2.05) is 0 Å². The van der Waals surface area contributed by atoms with Crippen molar-refractivity contribution < 1.29 is 66.6 Å². The van der Waals surface area contributed by atoms with Crippen molar-refractivity contribution in [2.24, 2.45) is 0 Å². The van der Waals surface area contributed by atoms with Crippen LogP contribution >= 0.6 is 0 Å². The molecule has 2 heterocycles. The second-order valence-electron chi connectivity index (χ2n) is 17.5. The van der Waals surface area contributed by atoms with Crippen molar-refractivity contribution in [2.75, 3.05) is 23.9 Å². The number of halogens is 6. The van der Waals surface area contributed by atoms with Gasteiger partial charge in [-0.25, -0.2) is 26.3 Å². The van der Waals surface area contributed by atoms with E-state index in [1.54, 1.807) is 60.3 Å². The van der Waals surface area contributed by atoms with Crippen molar-refractivity contribution in [3.63, 3.8) is 0 Å². The first-order chi connectivity index (χ1) is 33.3. The third-order valence-electron chi connectivity index (χ3n) is 12.0. The average Bonchev–Trinajstić information content (AvgIpc) is 4.23. The SMILES string of the molecule is CN(c1ccc(F)cc1)c1c(/C=C/[C@@H](O)C[C@@H](O)CC(=O)[O-])c(C2CC2)nc2cc(F)c(F)cc12.CN(c1ccc(F)cc1)c1c(/C=C/[C@@H](O)C[C@@H](O)CC(=O)[O-])c(C2CC2)nc2cc(F)c(F)cc12.[Ca+2]. The van der Waals surface area contributed by atoms with Crippen LogP contribution in [0.1, 0.15) is 85.7 Å². The molecule has 71 heavy (non-hydrogen) atoms. The number of rotatable bonds is 18. The second-order valence-corrected chi connectivity index (χ2v) is 17.5. The summed E-state index contributed by atoms with van der Waals surface area (Å²) in [5.74, 6) is -7.67. The molecule has 0 spiro atoms. The second kappa shape index (κ2) is 23.7. The summed E-state index contributed by atoms with van der Waals surface area (Å²) in [4.78, 5) is 34.0. The molecule has 368 valence electrons. The zero-order valence-corrected chi connectivity index (χ0v) is 40.8. The number of carboxylic acids is 2. The number of aliphatic carboxylic acids is 2. The summed E-state index contributed by atoms with van der Waals surface area (Å²) in [5.41, 5.74) is 5.08. The van der Waals surface area contributed by atoms with Crippen molar-refractivity contribution in [3.05, 3.63) is 142 Å². The molecule has 6 aromatic rings. The summed E-state index contributed by atoms with van der Waals surface area (Å²) in [6.45, 7) is 0. The number of benzene rings is 4. The zero-order chi connectivity index (χ0) is 50.6. The molecule has 2 aliphatic rings. The molecule has 2 fully saturated rings. The molecule has 4 atom stereocenters. The van der Waals surface area contributed by atoms with E-state index in [4.69, 9.17) is 0 Å². The van der Waals surface area contributed by atoms with Crippen LogP contribution in [-0.2, 0) is 9.59 Å². The molecule has 0 amide bonds. The first-order valence-corrected chi connectivity index (χ1v) is 22.4. The fourth-order valence-electron chi connectivity index (χ4n) is 8.21. The third kappa shape index (κ3) is 13.9. The number of hydrogen-bond acceptors (Lipinski definition) is 12. The number of aromatic nitrogens is 2. The fraction of sp³-hybridized carbons (Fsp3) is 0.308. The van der Waals surface area contributed by atoms with E-state index in [9.17, 15) is 66.6 Å². The van der Waals surface area contributed by atoms with Gasteiger partial charge in [-0.2, -0.15) is 0 Å². The molecule has 0 aliphatic heterocycles. The minimum Gasteiger partial charge on any atom is -0.550 e. The molecule has 2 aromatic heterocycles. The molecular formula is C52H48CaF6N4O8. The Labute approximate surface area is 434 Å². The Morgan fingerprint density at radius 2 is 0.915 bits per heavy atom. The number of carbonyl (C=O) groups is 2. The molecule has 8 rings (SSSR count). The summed E-state index contributed by atoms with van der Waals surface area (Å²) in [6, 6.07) is 15.5. The van der Waals surface area contributed by atoms with Gasteiger partial charge in [0, 0.05) is 109 Å². The quantitative estimate of drug-likeness (QED) is 0.0524. The van der Waals surface area contributed by atoms with E-state index < -0.39 is 84.1 Å². The van der Waals surface area contributed by atoms with E-state index in [0.717, 1.165) is 49.9 Å². The maximum Gasteiger partial charge on any atom is 2.00 e. The van der Waals surface area contributed by atoms with Gasteiger partial charge in [-0.05, 0) is 86.3 Å². The normalized spacial score (nSPS) is 15.3. The maximum atomic E-state index is 14.3. The number of hydrogen-bond donors (Lipinski definition) is 4. The van der Waals surface area contributed by atoms with Crippen molar-refractivity contribution in [1.29, 1.82) is 0 Å². The van der Waals surface area contributed by atoms with Gasteiger partial charge in [0.05, 0.1) is 58.2 Å². The van der Waals surface area contributed by atoms with Crippen LogP contribution < -0.4 is 20.0 Å². The van der Waals surface area contributed by atoms with E-state index >= 15 is 0 Å². The Kier molecular flexibility index (Phi) is 18.3. The standard InChI is InChI=1S/2C26H25F3N2O4.Ca/c2*1-31(16-6-4-15(27)5-7-16)26-19(9-8-17(32)10-18(33)11-24(34)35)25(14-2-3-14)30-23-13-22(29)21(28)12-20(23)26;/h2*4-9,12-14,17-18,32-33H,2-3,10-11H2,1H3,(H,34,35);/q;;+2/p-2/b2*9-8+;/t2*17-,18-;/m11./s1. The van der Waals surface area contributed by atoms with Gasteiger partial charge in [0.25, 0.3) is 0 Å². The minimum absolute atomic E-state index is 0. The van der Waals surface area contributed by atoms with Crippen LogP contribution in [0, 0.1) is 34.9 Å². The molecule has 19 heteroatoms. The predicted molar refractivity (Wildman–Crippen MR) is 253 cm³/mol. The van der Waals surface area contributed by atoms with Gasteiger partial charge in [0.2, 0.25) is 0 Å². The Balaban J connectivity index is 0.000000229. The van der Waals surface area contributed by atoms with Gasteiger partial charge in [-0.15, -0.1) is 0 Å². The number of pyridine rings is 2. The van der Waals surface area contributed by atoms with Crippen molar-refractivity contribution >= 4 is 106 Å². The number of carbonyl (C=O) groups excluding carboxylic acids is 2. The summed E-state index contributed by atoms with van der Waals surface area (Å²) < 4.78 is 83.8. The number of carboxylic acid groups (broad SMARTS) is 2. The number of fused-ring (bicyclic) bond motifs is 2. The van der Waals surface area contributed by atoms with Crippen LogP contribution in [0.4, 0.5) is 49.1 Å². The number of aliphatic hydroxyl groups excluding tert-OH is 4. The first kappa shape index (κ1) is 54.7. The summed E-state index contributed by atoms with van der Waals surface area (Å²) in [6.07, 6.45) is 2.77. The van der Waals surface area contributed by atoms with Crippen LogP contribution in [0.3, 0.4) is 0 Å². The Morgan fingerprint density at radius 1 is 0.592 bits per heavy atom. The number of anilines is 4. The third-order valence-corrected chi connectivity index (χ3v) is 12.0. The monoisotopic (exact) mass is 1010 g/mol. The Morgan fingerprint density at radius 3 is 1.23 bits per heavy atom. The molecule has 0 unspecified atom stereocenters. The predicted octanol–water partition coefficient (Wildman–Crippen LogP) is 6.74. The Hall–Kier alpha value is -5.60. The number of nitrogens with zero attached hydrogens (tertiary/aromatic N) is 4. The molecule has 4 N–H and O–H groups in total. The summed E-state index contributed by atoms with van der Waals surface area (Å²) >= 11 is 0. The van der Waals surface area contributed by atoms with Crippen LogP contribution in [0.25, 0.3) is 34.0 Å². The number of aliphatic hydroxyl groups is 4. The zero-order valence-electron chi connectivity index (χ0n) is 38.5. The molecule has 2 saturated carbocycles. The molecule has 4 aromatic carbocycles. The van der Waals surface area contributed by atoms with Crippen LogP contribution in [0.5, 0.6) is 0 Å². The van der Waals surface area contributed by atoms with E-state index in [-0.39, 0.29) is 73.4 Å². The first-order valence-electron chi connectivity index (χ1n) is 22.4. The van der Waals surface area contributed by atoms with Crippen LogP contribution in [0.15, 0.2) is 84.9 Å². The summed E-state index contributed by atoms with van der Waals surface area (Å²) in [5, 5.41) is 62.4. The average molecular weight is 1010 g/mol. The van der Waals surface area contributed by atoms with Crippen molar-refractivity contribution in [3.8, 4) is 0 Å². The topological polar surface area (TPSA) is 193 Å². The van der Waals surface area contributed by atoms with Crippen LogP contribution in [0.2, 0.25) is 0 Å². The van der Waals surface area contributed by atoms with Crippen molar-refractivity contribution in [2.45, 2.75) is 87.6 Å². The molecule has 2 aliphatic carbocycles. The van der Waals surface area contributed by atoms with E-state index in [2.05, 4.69) is 9.97 Å². The largest absolute Gasteiger partial charge is 2.00 e. The minimum atomic E-state index is -1.43. The molecule has 0 radical (unpaired) electrons. The van der Waals surface area contributed by atoms with E-state index in [0.29, 0.717) is 56.0 Å². The van der Waals surface area contributed by atoms with E-state index in [1.165, 1.54) is 36.4 Å². The van der Waals surface area contributed by atoms with Crippen LogP contribution in [-0.4, -0.2) is 119 Å². The van der Waals surface area contributed by atoms with Gasteiger partial charge >= 0.3 is 37.7 Å². The maximum absolute atomic E-state index is 14.3. The molecular weight excluding hydrogens is 963 g/mol. The Bertz CT molecular complexity index is 2760. The molecule has 12 nitrogen and oxygen atoms in total. The van der Waals surface area contributed by atoms with Gasteiger partial charge in [-0.3, -0.25) is 9.97 Å². The fourth-order valence-corrected chi connectivity index (χ4v) is 8.21. The molecule has 0 bridgehead atoms. The van der Waals surface area contributed by atoms with Crippen molar-refractivity contribution in [1.82, 2.24) is 9.97 Å². The van der Waals surface area contributed by atoms with Gasteiger partial charge in [-0.1, -0.05) is 24.3 Å². The summed E-state index contributed by atoms with van der Waals surface area (Å²) in [7, 11) is 3.41. The van der Waals surface area contributed by atoms with Gasteiger partial charge in [0.1, 0.15) is 11.6 Å². The molecule has 0 saturated heterocycles. The van der Waals surface area contributed by atoms with Gasteiger partial charge in [0.15, 0.2) is 23.3 Å². The smallest absolute Gasteiger partial charge is 0.550 e.